The van der Waals surface area contributed by atoms with E-state index in [1.165, 1.54) is 0 Å². The molecule has 0 aliphatic rings. The maximum absolute atomic E-state index is 6.17. The van der Waals surface area contributed by atoms with Gasteiger partial charge in [-0.1, -0.05) is 6.07 Å². The number of aryl methyl sites for hydroxylation is 3. The minimum atomic E-state index is -0.0790. The lowest BCUT2D eigenvalue weighted by molar-refractivity contribution is 0.627. The van der Waals surface area contributed by atoms with Crippen molar-refractivity contribution in [2.45, 2.75) is 26.3 Å². The van der Waals surface area contributed by atoms with Crippen molar-refractivity contribution in [3.8, 4) is 0 Å². The van der Waals surface area contributed by atoms with Crippen molar-refractivity contribution in [1.82, 2.24) is 14.8 Å². The van der Waals surface area contributed by atoms with Crippen LogP contribution < -0.4 is 5.73 Å². The second-order valence-electron chi connectivity index (χ2n) is 4.42. The molecule has 4 nitrogen and oxygen atoms in total. The van der Waals surface area contributed by atoms with E-state index >= 15 is 0 Å². The topological polar surface area (TPSA) is 56.7 Å². The van der Waals surface area contributed by atoms with E-state index in [1.54, 1.807) is 0 Å². The minimum absolute atomic E-state index is 0.0790. The molecule has 0 bridgehead atoms. The smallest absolute Gasteiger partial charge is 0.0596 e. The van der Waals surface area contributed by atoms with Crippen molar-refractivity contribution >= 4 is 0 Å². The number of hydrogen-bond acceptors (Lipinski definition) is 3. The summed E-state index contributed by atoms with van der Waals surface area (Å²) in [7, 11) is 1.94. The molecule has 0 aliphatic carbocycles. The first-order valence-corrected chi connectivity index (χ1v) is 5.75. The van der Waals surface area contributed by atoms with Crippen LogP contribution in [0.2, 0.25) is 0 Å². The molecule has 0 aromatic carbocycles. The van der Waals surface area contributed by atoms with E-state index in [-0.39, 0.29) is 6.04 Å². The number of aromatic nitrogens is 3. The van der Waals surface area contributed by atoms with Crippen molar-refractivity contribution < 1.29 is 0 Å². The lowest BCUT2D eigenvalue weighted by Gasteiger charge is -2.11. The minimum Gasteiger partial charge on any atom is -0.322 e. The van der Waals surface area contributed by atoms with Crippen LogP contribution in [0.1, 0.15) is 28.8 Å². The average Bonchev–Trinajstić information content (AvgIpc) is 2.57. The Kier molecular flexibility index (Phi) is 3.24. The maximum Gasteiger partial charge on any atom is 0.0596 e. The molecule has 0 radical (unpaired) electrons. The Balaban J connectivity index is 2.16. The van der Waals surface area contributed by atoms with Crippen molar-refractivity contribution in [2.75, 3.05) is 0 Å². The van der Waals surface area contributed by atoms with Gasteiger partial charge in [0.25, 0.3) is 0 Å². The Morgan fingerprint density at radius 3 is 2.65 bits per heavy atom. The monoisotopic (exact) mass is 230 g/mol. The van der Waals surface area contributed by atoms with Crippen LogP contribution in [0.15, 0.2) is 24.3 Å². The molecule has 0 spiro atoms. The van der Waals surface area contributed by atoms with Crippen LogP contribution in [0.25, 0.3) is 0 Å². The zero-order chi connectivity index (χ0) is 12.4. The summed E-state index contributed by atoms with van der Waals surface area (Å²) in [5.74, 6) is 0. The number of nitrogens with two attached hydrogens (primary N) is 1. The maximum atomic E-state index is 6.17. The van der Waals surface area contributed by atoms with Gasteiger partial charge in [0.15, 0.2) is 0 Å². The van der Waals surface area contributed by atoms with Crippen molar-refractivity contribution in [3.63, 3.8) is 0 Å². The van der Waals surface area contributed by atoms with E-state index in [2.05, 4.69) is 16.1 Å². The van der Waals surface area contributed by atoms with Gasteiger partial charge in [0.2, 0.25) is 0 Å². The van der Waals surface area contributed by atoms with E-state index in [1.807, 2.05) is 43.8 Å². The molecule has 0 aliphatic heterocycles. The molecule has 0 saturated carbocycles. The molecule has 0 saturated heterocycles. The number of pyridine rings is 1. The summed E-state index contributed by atoms with van der Waals surface area (Å²) in [6.45, 7) is 3.96. The fourth-order valence-electron chi connectivity index (χ4n) is 1.96. The normalized spacial score (nSPS) is 12.7. The van der Waals surface area contributed by atoms with Gasteiger partial charge in [-0.25, -0.2) is 0 Å². The van der Waals surface area contributed by atoms with E-state index in [4.69, 9.17) is 5.73 Å². The van der Waals surface area contributed by atoms with Crippen molar-refractivity contribution in [2.24, 2.45) is 12.8 Å². The van der Waals surface area contributed by atoms with Gasteiger partial charge in [-0.2, -0.15) is 5.10 Å². The molecule has 2 aromatic rings. The van der Waals surface area contributed by atoms with Crippen LogP contribution in [0, 0.1) is 13.8 Å². The van der Waals surface area contributed by atoms with E-state index in [0.29, 0.717) is 0 Å². The van der Waals surface area contributed by atoms with Gasteiger partial charge in [-0.05, 0) is 32.0 Å². The standard InChI is InChI=1S/C13H18N4/c1-9-5-4-6-13(15-9)12(14)8-11-7-10(2)16-17(11)3/h4-7,12H,8,14H2,1-3H3. The van der Waals surface area contributed by atoms with Crippen molar-refractivity contribution in [3.05, 3.63) is 47.0 Å². The van der Waals surface area contributed by atoms with Gasteiger partial charge in [-0.3, -0.25) is 9.67 Å². The van der Waals surface area contributed by atoms with Crippen LogP contribution in [0.5, 0.6) is 0 Å². The molecule has 2 rings (SSSR count). The molecule has 4 heteroatoms. The van der Waals surface area contributed by atoms with E-state index in [0.717, 1.165) is 29.2 Å². The second-order valence-corrected chi connectivity index (χ2v) is 4.42. The summed E-state index contributed by atoms with van der Waals surface area (Å²) in [5.41, 5.74) is 10.3. The van der Waals surface area contributed by atoms with Crippen molar-refractivity contribution in [1.29, 1.82) is 0 Å². The molecule has 2 heterocycles. The molecule has 0 fully saturated rings. The highest BCUT2D eigenvalue weighted by Gasteiger charge is 2.11. The third-order valence-electron chi connectivity index (χ3n) is 2.82. The van der Waals surface area contributed by atoms with Gasteiger partial charge in [0.05, 0.1) is 17.4 Å². The largest absolute Gasteiger partial charge is 0.322 e. The van der Waals surface area contributed by atoms with Crippen LogP contribution >= 0.6 is 0 Å². The Morgan fingerprint density at radius 2 is 2.06 bits per heavy atom. The van der Waals surface area contributed by atoms with Crippen LogP contribution in [0.4, 0.5) is 0 Å². The van der Waals surface area contributed by atoms with Gasteiger partial charge >= 0.3 is 0 Å². The van der Waals surface area contributed by atoms with Gasteiger partial charge in [-0.15, -0.1) is 0 Å². The highest BCUT2D eigenvalue weighted by Crippen LogP contribution is 2.14. The van der Waals surface area contributed by atoms with Gasteiger partial charge in [0.1, 0.15) is 0 Å². The first-order valence-electron chi connectivity index (χ1n) is 5.75. The summed E-state index contributed by atoms with van der Waals surface area (Å²) in [6.07, 6.45) is 0.758. The first-order chi connectivity index (χ1) is 8.06. The number of hydrogen-bond donors (Lipinski definition) is 1. The Bertz CT molecular complexity index is 516. The molecule has 2 N–H and O–H groups in total. The quantitative estimate of drug-likeness (QED) is 0.872. The fraction of sp³-hybridized carbons (Fsp3) is 0.385. The molecule has 2 aromatic heterocycles. The fourth-order valence-corrected chi connectivity index (χ4v) is 1.96. The van der Waals surface area contributed by atoms with E-state index < -0.39 is 0 Å². The highest BCUT2D eigenvalue weighted by atomic mass is 15.3. The average molecular weight is 230 g/mol. The number of nitrogens with zero attached hydrogens (tertiary/aromatic N) is 3. The zero-order valence-corrected chi connectivity index (χ0v) is 10.5. The summed E-state index contributed by atoms with van der Waals surface area (Å²) in [4.78, 5) is 4.45. The molecule has 1 atom stereocenters. The van der Waals surface area contributed by atoms with Crippen LogP contribution in [-0.2, 0) is 13.5 Å². The SMILES string of the molecule is Cc1cccc(C(N)Cc2cc(C)nn2C)n1. The molecule has 1 unspecified atom stereocenters. The Hall–Kier alpha value is -1.68. The van der Waals surface area contributed by atoms with Crippen LogP contribution in [-0.4, -0.2) is 14.8 Å². The van der Waals surface area contributed by atoms with Crippen LogP contribution in [0.3, 0.4) is 0 Å². The van der Waals surface area contributed by atoms with Gasteiger partial charge < -0.3 is 5.73 Å². The lowest BCUT2D eigenvalue weighted by Crippen LogP contribution is -2.17. The molecule has 17 heavy (non-hydrogen) atoms. The molecule has 90 valence electrons. The Labute approximate surface area is 101 Å². The lowest BCUT2D eigenvalue weighted by atomic mass is 10.1. The van der Waals surface area contributed by atoms with Gasteiger partial charge in [0, 0.05) is 24.9 Å². The predicted molar refractivity (Wildman–Crippen MR) is 67.6 cm³/mol. The first kappa shape index (κ1) is 11.8. The molecular formula is C13H18N4. The number of rotatable bonds is 3. The predicted octanol–water partition coefficient (Wildman–Crippen LogP) is 1.67. The zero-order valence-electron chi connectivity index (χ0n) is 10.5. The summed E-state index contributed by atoms with van der Waals surface area (Å²) < 4.78 is 1.88. The third kappa shape index (κ3) is 2.71. The summed E-state index contributed by atoms with van der Waals surface area (Å²) in [6, 6.07) is 7.93. The third-order valence-corrected chi connectivity index (χ3v) is 2.82. The van der Waals surface area contributed by atoms with E-state index in [9.17, 15) is 0 Å². The summed E-state index contributed by atoms with van der Waals surface area (Å²) in [5, 5.41) is 4.32. The molecule has 0 amide bonds. The Morgan fingerprint density at radius 1 is 1.29 bits per heavy atom. The highest BCUT2D eigenvalue weighted by molar-refractivity contribution is 5.17. The summed E-state index contributed by atoms with van der Waals surface area (Å²) >= 11 is 0. The second kappa shape index (κ2) is 4.67. The molecular weight excluding hydrogens is 212 g/mol.